The highest BCUT2D eigenvalue weighted by atomic mass is 15.2. The summed E-state index contributed by atoms with van der Waals surface area (Å²) in [5, 5.41) is 2.48. The number of rotatable bonds is 10. The van der Waals surface area contributed by atoms with Crippen molar-refractivity contribution in [2.24, 2.45) is 5.92 Å². The van der Waals surface area contributed by atoms with Gasteiger partial charge in [0.2, 0.25) is 0 Å². The third-order valence-corrected chi connectivity index (χ3v) is 16.3. The number of hydrogen-bond acceptors (Lipinski definition) is 1. The molecule has 0 spiro atoms. The fourth-order valence-electron chi connectivity index (χ4n) is 13.2. The second-order valence-electron chi connectivity index (χ2n) is 20.3. The average Bonchev–Trinajstić information content (AvgIpc) is 4.19. The lowest BCUT2D eigenvalue weighted by atomic mass is 9.62. The van der Waals surface area contributed by atoms with Crippen molar-refractivity contribution in [3.63, 3.8) is 0 Å². The zero-order valence-corrected chi connectivity index (χ0v) is 42.3. The van der Waals surface area contributed by atoms with Crippen LogP contribution in [0.4, 0.5) is 11.4 Å². The Bertz CT molecular complexity index is 4140. The molecular formula is C74H54N2. The quantitative estimate of drug-likeness (QED) is 0.133. The van der Waals surface area contributed by atoms with Gasteiger partial charge in [-0.3, -0.25) is 0 Å². The molecule has 0 radical (unpaired) electrons. The largest absolute Gasteiger partial charge is 0.333 e. The Labute approximate surface area is 445 Å². The van der Waals surface area contributed by atoms with Crippen molar-refractivity contribution in [3.05, 3.63) is 325 Å². The first-order valence-electron chi connectivity index (χ1n) is 26.6. The molecule has 12 aromatic rings. The molecule has 2 nitrogen and oxygen atoms in total. The molecule has 2 unspecified atom stereocenters. The number of allylic oxidation sites excluding steroid dienone is 2. The number of nitrogens with zero attached hydrogens (tertiary/aromatic N) is 2. The minimum atomic E-state index is -0.528. The molecule has 0 N–H and O–H groups in total. The minimum absolute atomic E-state index is 0.0332. The lowest BCUT2D eigenvalue weighted by Crippen LogP contribution is -2.42. The normalized spacial score (nSPS) is 15.4. The van der Waals surface area contributed by atoms with Crippen LogP contribution in [0.15, 0.2) is 303 Å². The van der Waals surface area contributed by atoms with Crippen molar-refractivity contribution >= 4 is 38.8 Å². The maximum Gasteiger partial charge on any atom is 0.0679 e. The summed E-state index contributed by atoms with van der Waals surface area (Å²) in [6.07, 6.45) is 4.95. The van der Waals surface area contributed by atoms with E-state index < -0.39 is 5.41 Å². The average molecular weight is 971 g/mol. The van der Waals surface area contributed by atoms with E-state index in [9.17, 15) is 0 Å². The second kappa shape index (κ2) is 18.8. The topological polar surface area (TPSA) is 8.17 Å². The molecule has 0 saturated carbocycles. The van der Waals surface area contributed by atoms with Crippen LogP contribution in [0.3, 0.4) is 0 Å². The van der Waals surface area contributed by atoms with E-state index in [4.69, 9.17) is 0 Å². The van der Waals surface area contributed by atoms with Crippen molar-refractivity contribution in [1.82, 2.24) is 4.57 Å². The van der Waals surface area contributed by atoms with Gasteiger partial charge in [0.05, 0.1) is 22.5 Å². The van der Waals surface area contributed by atoms with Crippen molar-refractivity contribution in [2.45, 2.75) is 18.4 Å². The molecule has 0 fully saturated rings. The summed E-state index contributed by atoms with van der Waals surface area (Å²) in [5.41, 5.74) is 22.8. The zero-order valence-electron chi connectivity index (χ0n) is 42.3. The maximum atomic E-state index is 2.67. The van der Waals surface area contributed by atoms with E-state index in [0.717, 1.165) is 17.1 Å². The molecule has 2 atom stereocenters. The van der Waals surface area contributed by atoms with Crippen LogP contribution in [0, 0.1) is 5.92 Å². The van der Waals surface area contributed by atoms with Crippen LogP contribution in [-0.4, -0.2) is 10.6 Å². The Morgan fingerprint density at radius 1 is 0.395 bits per heavy atom. The summed E-state index contributed by atoms with van der Waals surface area (Å²) in [5.74, 6) is 0.0332. The first kappa shape index (κ1) is 45.1. The fraction of sp³-hybridized carbons (Fsp3) is 0.0541. The van der Waals surface area contributed by atoms with E-state index in [0.29, 0.717) is 0 Å². The van der Waals surface area contributed by atoms with Crippen molar-refractivity contribution < 1.29 is 0 Å². The Hall–Kier alpha value is -9.50. The summed E-state index contributed by atoms with van der Waals surface area (Å²) in [4.78, 5) is 2.67. The fourth-order valence-corrected chi connectivity index (χ4v) is 13.2. The van der Waals surface area contributed by atoms with E-state index in [1.807, 2.05) is 0 Å². The molecule has 1 heterocycles. The monoisotopic (exact) mass is 970 g/mol. The molecule has 2 aliphatic carbocycles. The van der Waals surface area contributed by atoms with Gasteiger partial charge in [-0.25, -0.2) is 0 Å². The molecule has 11 aromatic carbocycles. The molecule has 1 aromatic heterocycles. The van der Waals surface area contributed by atoms with Crippen molar-refractivity contribution in [2.75, 3.05) is 4.90 Å². The van der Waals surface area contributed by atoms with Gasteiger partial charge < -0.3 is 9.47 Å². The van der Waals surface area contributed by atoms with E-state index in [1.54, 1.807) is 0 Å². The number of para-hydroxylation sites is 3. The summed E-state index contributed by atoms with van der Waals surface area (Å²) in [7, 11) is 0. The van der Waals surface area contributed by atoms with Gasteiger partial charge in [0.15, 0.2) is 0 Å². The summed E-state index contributed by atoms with van der Waals surface area (Å²) in [6, 6.07) is 105. The Balaban J connectivity index is 1.00. The number of fused-ring (bicyclic) bond motifs is 5. The first-order valence-corrected chi connectivity index (χ1v) is 26.6. The van der Waals surface area contributed by atoms with Crippen molar-refractivity contribution in [3.8, 4) is 50.2 Å². The highest BCUT2D eigenvalue weighted by Crippen LogP contribution is 2.60. The Morgan fingerprint density at radius 2 is 0.895 bits per heavy atom. The van der Waals surface area contributed by atoms with Crippen LogP contribution in [0.2, 0.25) is 0 Å². The molecule has 14 rings (SSSR count). The van der Waals surface area contributed by atoms with Gasteiger partial charge in [0.1, 0.15) is 0 Å². The maximum absolute atomic E-state index is 2.67. The second-order valence-corrected chi connectivity index (χ2v) is 20.3. The third-order valence-electron chi connectivity index (χ3n) is 16.3. The van der Waals surface area contributed by atoms with Crippen LogP contribution in [-0.2, 0) is 5.41 Å². The van der Waals surface area contributed by atoms with E-state index in [2.05, 4.69) is 314 Å². The van der Waals surface area contributed by atoms with Gasteiger partial charge in [-0.05, 0) is 115 Å². The van der Waals surface area contributed by atoms with Gasteiger partial charge >= 0.3 is 0 Å². The van der Waals surface area contributed by atoms with Crippen LogP contribution < -0.4 is 4.90 Å². The van der Waals surface area contributed by atoms with Gasteiger partial charge in [-0.15, -0.1) is 0 Å². The molecule has 2 heteroatoms. The van der Waals surface area contributed by atoms with Crippen LogP contribution in [0.1, 0.15) is 29.2 Å². The van der Waals surface area contributed by atoms with Gasteiger partial charge in [-0.1, -0.05) is 262 Å². The molecular weight excluding hydrogens is 917 g/mol. The van der Waals surface area contributed by atoms with Crippen LogP contribution >= 0.6 is 0 Å². The molecule has 0 aliphatic heterocycles. The van der Waals surface area contributed by atoms with E-state index in [-0.39, 0.29) is 12.0 Å². The summed E-state index contributed by atoms with van der Waals surface area (Å²) < 4.78 is 2.42. The first-order chi connectivity index (χ1) is 37.7. The summed E-state index contributed by atoms with van der Waals surface area (Å²) in [6.45, 7) is 2.48. The third kappa shape index (κ3) is 7.17. The molecule has 0 bridgehead atoms. The molecule has 2 aliphatic rings. The SMILES string of the molecule is CC1C2=C(C=CC1N(c1cccc(-c3cccc4c3c3ccccc3n4-c3ccccc3)c1)c1ccccc1-c1ccccc1-c1ccccc1-c1ccccc1)c1ccccc1C2(c1ccccc1)c1ccccc1. The number of aromatic nitrogens is 1. The molecule has 0 saturated heterocycles. The lowest BCUT2D eigenvalue weighted by Gasteiger charge is -2.45. The molecule has 0 amide bonds. The molecule has 360 valence electrons. The standard InChI is InChI=1S/C74H54N2/c1-51-68(49-48-65-63-40-18-21-44-67(63)74(73(51)65,54-29-8-3-9-30-54)55-31-10-4-11-32-55)76(69-45-22-19-41-64(69)62-39-17-16-38-61(62)60-37-15-14-36-58(60)52-26-6-2-7-27-52)57-35-24-28-53(50-57)59-43-25-47-71-72(59)66-42-20-23-46-70(66)75(71)56-33-12-5-13-34-56/h2-51,68H,1H3. The molecule has 76 heavy (non-hydrogen) atoms. The highest BCUT2D eigenvalue weighted by molar-refractivity contribution is 6.16. The van der Waals surface area contributed by atoms with E-state index in [1.165, 1.54) is 99.7 Å². The van der Waals surface area contributed by atoms with Crippen LogP contribution in [0.5, 0.6) is 0 Å². The predicted molar refractivity (Wildman–Crippen MR) is 319 cm³/mol. The minimum Gasteiger partial charge on any atom is -0.333 e. The van der Waals surface area contributed by atoms with Gasteiger partial charge in [-0.2, -0.15) is 0 Å². The van der Waals surface area contributed by atoms with Crippen molar-refractivity contribution in [1.29, 1.82) is 0 Å². The zero-order chi connectivity index (χ0) is 50.6. The highest BCUT2D eigenvalue weighted by Gasteiger charge is 2.51. The predicted octanol–water partition coefficient (Wildman–Crippen LogP) is 19.0. The van der Waals surface area contributed by atoms with Gasteiger partial charge in [0, 0.05) is 39.3 Å². The number of benzene rings is 11. The smallest absolute Gasteiger partial charge is 0.0679 e. The number of hydrogen-bond donors (Lipinski definition) is 0. The van der Waals surface area contributed by atoms with Gasteiger partial charge in [0.25, 0.3) is 0 Å². The number of anilines is 2. The Kier molecular flexibility index (Phi) is 11.1. The lowest BCUT2D eigenvalue weighted by molar-refractivity contribution is 0.522. The summed E-state index contributed by atoms with van der Waals surface area (Å²) >= 11 is 0. The Morgan fingerprint density at radius 3 is 1.61 bits per heavy atom. The van der Waals surface area contributed by atoms with Crippen LogP contribution in [0.25, 0.3) is 77.6 Å². The van der Waals surface area contributed by atoms with E-state index >= 15 is 0 Å².